The molecule has 0 saturated carbocycles. The monoisotopic (exact) mass is 247 g/mol. The Labute approximate surface area is 111 Å². The van der Waals surface area contributed by atoms with Crippen LogP contribution >= 0.6 is 0 Å². The maximum absolute atomic E-state index is 5.97. The molecule has 1 fully saturated rings. The van der Waals surface area contributed by atoms with E-state index in [1.807, 2.05) is 12.1 Å². The van der Waals surface area contributed by atoms with Crippen molar-refractivity contribution in [2.24, 2.45) is 0 Å². The molecular formula is C15H25N3. The lowest BCUT2D eigenvalue weighted by Crippen LogP contribution is -2.42. The summed E-state index contributed by atoms with van der Waals surface area (Å²) in [6.07, 6.45) is 3.65. The number of rotatable bonds is 4. The second-order valence-electron chi connectivity index (χ2n) is 5.49. The number of para-hydroxylation sites is 1. The largest absolute Gasteiger partial charge is 0.399 e. The smallest absolute Gasteiger partial charge is 0.0347 e. The molecule has 0 unspecified atom stereocenters. The first-order chi connectivity index (χ1) is 8.66. The van der Waals surface area contributed by atoms with Crippen LogP contribution in [0.5, 0.6) is 0 Å². The fraction of sp³-hybridized carbons (Fsp3) is 0.600. The number of anilines is 1. The van der Waals surface area contributed by atoms with E-state index in [4.69, 9.17) is 5.73 Å². The maximum atomic E-state index is 5.97. The number of nitrogens with zero attached hydrogens (tertiary/aromatic N) is 2. The molecule has 0 atom stereocenters. The lowest BCUT2D eigenvalue weighted by atomic mass is 10.0. The summed E-state index contributed by atoms with van der Waals surface area (Å²) in [6, 6.07) is 8.98. The molecule has 0 bridgehead atoms. The van der Waals surface area contributed by atoms with E-state index in [0.717, 1.165) is 24.7 Å². The molecule has 1 saturated heterocycles. The van der Waals surface area contributed by atoms with E-state index in [-0.39, 0.29) is 0 Å². The molecule has 1 heterocycles. The molecule has 0 aliphatic carbocycles. The van der Waals surface area contributed by atoms with Crippen LogP contribution in [-0.4, -0.2) is 49.6 Å². The fourth-order valence-corrected chi connectivity index (χ4v) is 2.70. The summed E-state index contributed by atoms with van der Waals surface area (Å²) < 4.78 is 0. The van der Waals surface area contributed by atoms with Crippen LogP contribution in [-0.2, 0) is 6.42 Å². The summed E-state index contributed by atoms with van der Waals surface area (Å²) >= 11 is 0. The van der Waals surface area contributed by atoms with Crippen LogP contribution < -0.4 is 5.73 Å². The number of piperidine rings is 1. The highest BCUT2D eigenvalue weighted by atomic mass is 15.2. The number of benzene rings is 1. The predicted molar refractivity (Wildman–Crippen MR) is 77.7 cm³/mol. The van der Waals surface area contributed by atoms with E-state index in [1.54, 1.807) is 0 Å². The highest BCUT2D eigenvalue weighted by Gasteiger charge is 2.20. The van der Waals surface area contributed by atoms with Gasteiger partial charge in [0.05, 0.1) is 0 Å². The summed E-state index contributed by atoms with van der Waals surface area (Å²) in [5, 5.41) is 0. The van der Waals surface area contributed by atoms with Crippen LogP contribution in [0.2, 0.25) is 0 Å². The zero-order chi connectivity index (χ0) is 13.0. The number of nitrogen functional groups attached to an aromatic ring is 1. The first-order valence-electron chi connectivity index (χ1n) is 6.89. The summed E-state index contributed by atoms with van der Waals surface area (Å²) in [5.41, 5.74) is 8.19. The summed E-state index contributed by atoms with van der Waals surface area (Å²) in [7, 11) is 4.37. The summed E-state index contributed by atoms with van der Waals surface area (Å²) in [4.78, 5) is 4.92. The number of nitrogens with two attached hydrogens (primary N) is 1. The van der Waals surface area contributed by atoms with Crippen molar-refractivity contribution >= 4 is 5.69 Å². The van der Waals surface area contributed by atoms with Gasteiger partial charge in [-0.3, -0.25) is 0 Å². The van der Waals surface area contributed by atoms with Crippen LogP contribution in [0.4, 0.5) is 5.69 Å². The summed E-state index contributed by atoms with van der Waals surface area (Å²) in [5.74, 6) is 0. The van der Waals surface area contributed by atoms with Crippen LogP contribution in [0.1, 0.15) is 18.4 Å². The van der Waals surface area contributed by atoms with Gasteiger partial charge < -0.3 is 15.5 Å². The van der Waals surface area contributed by atoms with Gasteiger partial charge in [-0.1, -0.05) is 18.2 Å². The first-order valence-corrected chi connectivity index (χ1v) is 6.89. The van der Waals surface area contributed by atoms with Gasteiger partial charge in [0.1, 0.15) is 0 Å². The van der Waals surface area contributed by atoms with Gasteiger partial charge in [0.15, 0.2) is 0 Å². The number of hydrogen-bond acceptors (Lipinski definition) is 3. The zero-order valence-electron chi connectivity index (χ0n) is 11.6. The Balaban J connectivity index is 1.77. The van der Waals surface area contributed by atoms with Gasteiger partial charge in [0.25, 0.3) is 0 Å². The van der Waals surface area contributed by atoms with Crippen molar-refractivity contribution < 1.29 is 0 Å². The minimum atomic E-state index is 0.767. The third-order valence-corrected chi connectivity index (χ3v) is 4.04. The average Bonchev–Trinajstić information content (AvgIpc) is 2.38. The Kier molecular flexibility index (Phi) is 4.61. The predicted octanol–water partition coefficient (Wildman–Crippen LogP) is 1.84. The van der Waals surface area contributed by atoms with E-state index < -0.39 is 0 Å². The molecule has 2 N–H and O–H groups in total. The van der Waals surface area contributed by atoms with Crippen LogP contribution in [0, 0.1) is 0 Å². The Morgan fingerprint density at radius 2 is 1.89 bits per heavy atom. The minimum absolute atomic E-state index is 0.767. The van der Waals surface area contributed by atoms with Gasteiger partial charge >= 0.3 is 0 Å². The molecule has 0 radical (unpaired) electrons. The lowest BCUT2D eigenvalue weighted by molar-refractivity contribution is 0.146. The van der Waals surface area contributed by atoms with Crippen molar-refractivity contribution in [2.45, 2.75) is 25.3 Å². The molecule has 0 amide bonds. The second-order valence-corrected chi connectivity index (χ2v) is 5.49. The maximum Gasteiger partial charge on any atom is 0.0347 e. The Hall–Kier alpha value is -1.06. The van der Waals surface area contributed by atoms with Gasteiger partial charge in [-0.15, -0.1) is 0 Å². The molecule has 0 spiro atoms. The van der Waals surface area contributed by atoms with E-state index in [0.29, 0.717) is 0 Å². The Morgan fingerprint density at radius 1 is 1.22 bits per heavy atom. The van der Waals surface area contributed by atoms with Crippen molar-refractivity contribution in [1.29, 1.82) is 0 Å². The zero-order valence-corrected chi connectivity index (χ0v) is 11.6. The normalized spacial score (nSPS) is 18.4. The first kappa shape index (κ1) is 13.4. The molecule has 2 rings (SSSR count). The van der Waals surface area contributed by atoms with Crippen LogP contribution in [0.15, 0.2) is 24.3 Å². The quantitative estimate of drug-likeness (QED) is 0.824. The second kappa shape index (κ2) is 6.21. The van der Waals surface area contributed by atoms with Crippen molar-refractivity contribution in [3.8, 4) is 0 Å². The van der Waals surface area contributed by atoms with Crippen molar-refractivity contribution in [1.82, 2.24) is 9.80 Å². The Bertz CT molecular complexity index is 368. The SMILES string of the molecule is CN(C)C1CCN(CCc2ccccc2N)CC1. The van der Waals surface area contributed by atoms with E-state index in [9.17, 15) is 0 Å². The van der Waals surface area contributed by atoms with Crippen LogP contribution in [0.25, 0.3) is 0 Å². The van der Waals surface area contributed by atoms with Gasteiger partial charge in [-0.2, -0.15) is 0 Å². The van der Waals surface area contributed by atoms with E-state index >= 15 is 0 Å². The molecular weight excluding hydrogens is 222 g/mol. The molecule has 3 heteroatoms. The molecule has 100 valence electrons. The van der Waals surface area contributed by atoms with Crippen LogP contribution in [0.3, 0.4) is 0 Å². The van der Waals surface area contributed by atoms with Crippen molar-refractivity contribution in [2.75, 3.05) is 39.5 Å². The number of likely N-dealkylation sites (tertiary alicyclic amines) is 1. The molecule has 3 nitrogen and oxygen atoms in total. The van der Waals surface area contributed by atoms with Gasteiger partial charge in [-0.25, -0.2) is 0 Å². The minimum Gasteiger partial charge on any atom is -0.399 e. The molecule has 1 aromatic carbocycles. The Morgan fingerprint density at radius 3 is 2.50 bits per heavy atom. The fourth-order valence-electron chi connectivity index (χ4n) is 2.70. The highest BCUT2D eigenvalue weighted by Crippen LogP contribution is 2.16. The van der Waals surface area contributed by atoms with Crippen molar-refractivity contribution in [3.63, 3.8) is 0 Å². The third-order valence-electron chi connectivity index (χ3n) is 4.04. The van der Waals surface area contributed by atoms with Gasteiger partial charge in [0.2, 0.25) is 0 Å². The van der Waals surface area contributed by atoms with E-state index in [2.05, 4.69) is 36.0 Å². The van der Waals surface area contributed by atoms with Gasteiger partial charge in [0, 0.05) is 18.3 Å². The lowest BCUT2D eigenvalue weighted by Gasteiger charge is -2.35. The summed E-state index contributed by atoms with van der Waals surface area (Å²) in [6.45, 7) is 3.57. The average molecular weight is 247 g/mol. The molecule has 1 aliphatic rings. The van der Waals surface area contributed by atoms with Gasteiger partial charge in [-0.05, 0) is 58.1 Å². The standard InChI is InChI=1S/C15H25N3/c1-17(2)14-8-11-18(12-9-14)10-7-13-5-3-4-6-15(13)16/h3-6,14H,7-12,16H2,1-2H3. The topological polar surface area (TPSA) is 32.5 Å². The van der Waals surface area contributed by atoms with Crippen molar-refractivity contribution in [3.05, 3.63) is 29.8 Å². The number of hydrogen-bond donors (Lipinski definition) is 1. The van der Waals surface area contributed by atoms with E-state index in [1.165, 1.54) is 31.5 Å². The third kappa shape index (κ3) is 3.47. The molecule has 0 aromatic heterocycles. The molecule has 18 heavy (non-hydrogen) atoms. The molecule has 1 aromatic rings. The molecule has 1 aliphatic heterocycles. The highest BCUT2D eigenvalue weighted by molar-refractivity contribution is 5.46.